The van der Waals surface area contributed by atoms with Gasteiger partial charge in [-0.25, -0.2) is 14.8 Å². The Hall–Kier alpha value is -12.5. The first kappa shape index (κ1) is 64.3. The number of nitrogens with zero attached hydrogens (tertiary/aromatic N) is 9. The van der Waals surface area contributed by atoms with Crippen molar-refractivity contribution in [3.63, 3.8) is 0 Å². The smallest absolute Gasteiger partial charge is 0.238 e. The van der Waals surface area contributed by atoms with Crippen molar-refractivity contribution < 1.29 is 0 Å². The van der Waals surface area contributed by atoms with E-state index in [4.69, 9.17) is 14.8 Å². The van der Waals surface area contributed by atoms with Gasteiger partial charge in [-0.15, -0.1) is 0 Å². The van der Waals surface area contributed by atoms with E-state index in [1.807, 2.05) is 0 Å². The van der Waals surface area contributed by atoms with Gasteiger partial charge in [0, 0.05) is 21.5 Å². The molecule has 0 aliphatic heterocycles. The molecular weight excluding hydrogens is 1290 g/mol. The summed E-state index contributed by atoms with van der Waals surface area (Å²) >= 11 is 0. The van der Waals surface area contributed by atoms with Gasteiger partial charge in [0.05, 0.1) is 95.5 Å². The van der Waals surface area contributed by atoms with Crippen LogP contribution in [0.15, 0.2) is 273 Å². The van der Waals surface area contributed by atoms with Gasteiger partial charge in [0.25, 0.3) is 0 Å². The van der Waals surface area contributed by atoms with Crippen molar-refractivity contribution in [3.8, 4) is 67.3 Å². The Labute approximate surface area is 617 Å². The second kappa shape index (κ2) is 23.2. The highest BCUT2D eigenvalue weighted by Crippen LogP contribution is 2.51. The first-order valence-electron chi connectivity index (χ1n) is 37.0. The number of benzene rings is 13. The van der Waals surface area contributed by atoms with Crippen LogP contribution < -0.4 is 0 Å². The Bertz CT molecular complexity index is 6750. The van der Waals surface area contributed by atoms with Gasteiger partial charge in [-0.05, 0) is 192 Å². The summed E-state index contributed by atoms with van der Waals surface area (Å²) in [5.74, 6) is 1.39. The van der Waals surface area contributed by atoms with Gasteiger partial charge >= 0.3 is 0 Å². The van der Waals surface area contributed by atoms with Gasteiger partial charge < -0.3 is 9.13 Å². The maximum Gasteiger partial charge on any atom is 0.238 e. The number of aromatic nitrogens is 8. The molecule has 106 heavy (non-hydrogen) atoms. The van der Waals surface area contributed by atoms with Crippen LogP contribution in [0.25, 0.3) is 171 Å². The fraction of sp³-hybridized carbons (Fsp3) is 0.165. The molecule has 0 saturated carbocycles. The third kappa shape index (κ3) is 10.0. The number of rotatable bonds is 8. The molecule has 0 saturated heterocycles. The Morgan fingerprint density at radius 3 is 0.896 bits per heavy atom. The van der Waals surface area contributed by atoms with E-state index < -0.39 is 0 Å². The minimum Gasteiger partial charge on any atom is -0.317 e. The van der Waals surface area contributed by atoms with E-state index in [2.05, 4.69) is 383 Å². The second-order valence-electron chi connectivity index (χ2n) is 33.1. The van der Waals surface area contributed by atoms with Crippen LogP contribution >= 0.6 is 0 Å². The van der Waals surface area contributed by atoms with E-state index in [1.165, 1.54) is 22.3 Å². The van der Waals surface area contributed by atoms with Crippen molar-refractivity contribution in [2.24, 2.45) is 0 Å². The lowest BCUT2D eigenvalue weighted by molar-refractivity contribution is 0.590. The van der Waals surface area contributed by atoms with E-state index in [9.17, 15) is 6.57 Å². The fourth-order valence-corrected chi connectivity index (χ4v) is 16.5. The third-order valence-electron chi connectivity index (χ3n) is 22.3. The number of hydrogen-bond donors (Lipinski definition) is 0. The molecule has 0 unspecified atom stereocenters. The highest BCUT2D eigenvalue weighted by molar-refractivity contribution is 6.14. The average molecular weight is 1370 g/mol. The van der Waals surface area contributed by atoms with Crippen molar-refractivity contribution in [1.29, 1.82) is 0 Å². The molecule has 9 heteroatoms. The molecule has 13 aromatic carbocycles. The molecular formula is C97H81N9. The Balaban J connectivity index is 1.06. The van der Waals surface area contributed by atoms with Gasteiger partial charge in [-0.1, -0.05) is 253 Å². The zero-order valence-electron chi connectivity index (χ0n) is 62.0. The first-order valence-corrected chi connectivity index (χ1v) is 37.0. The van der Waals surface area contributed by atoms with E-state index in [0.29, 0.717) is 28.6 Å². The van der Waals surface area contributed by atoms with E-state index in [-0.39, 0.29) is 21.7 Å². The molecule has 19 aromatic rings. The van der Waals surface area contributed by atoms with Crippen molar-refractivity contribution >= 4 is 105 Å². The topological polar surface area (TPSA) is 58.7 Å². The van der Waals surface area contributed by atoms with Crippen LogP contribution in [0.4, 0.5) is 5.69 Å². The number of hydrogen-bond acceptors (Lipinski definition) is 2. The summed E-state index contributed by atoms with van der Waals surface area (Å²) in [5, 5.41) is 4.48. The summed E-state index contributed by atoms with van der Waals surface area (Å²) in [6.45, 7) is 38.2. The summed E-state index contributed by atoms with van der Waals surface area (Å²) in [7, 11) is 0. The SMILES string of the molecule is [C-]#[N+]c1c(-n2c3ccc(C(C)(C)C)cc3c3cc(C(C)(C)C)ccc32)c(-n2c3ccc(-c4ccccc4)cc3n3c4cc(-c5ccccc5)ccc4nc23)cc(-n2c3ccc(C(C)(C)C)cc3c3cc(C(C)(C)C)ccc32)c1-n1c2ccc(-c3ccccc3)cc2n2c3cc(-c4ccccc4)ccc3nc12. The van der Waals surface area contributed by atoms with Crippen LogP contribution in [0, 0.1) is 6.57 Å². The summed E-state index contributed by atoms with van der Waals surface area (Å²) < 4.78 is 14.3. The van der Waals surface area contributed by atoms with Gasteiger partial charge in [0.1, 0.15) is 0 Å². The quantitative estimate of drug-likeness (QED) is 0.142. The van der Waals surface area contributed by atoms with Crippen LogP contribution in [0.3, 0.4) is 0 Å². The van der Waals surface area contributed by atoms with E-state index >= 15 is 0 Å². The van der Waals surface area contributed by atoms with Gasteiger partial charge in [-0.2, -0.15) is 0 Å². The first-order chi connectivity index (χ1) is 51.0. The molecule has 0 atom stereocenters. The largest absolute Gasteiger partial charge is 0.317 e. The molecule has 0 aliphatic carbocycles. The Morgan fingerprint density at radius 2 is 0.547 bits per heavy atom. The molecule has 6 heterocycles. The van der Waals surface area contributed by atoms with Gasteiger partial charge in [0.15, 0.2) is 0 Å². The lowest BCUT2D eigenvalue weighted by Gasteiger charge is -2.25. The monoisotopic (exact) mass is 1370 g/mol. The standard InChI is InChI=1S/C97H81N9/c1-94(2,3)67-38-46-77-71(54-67)72-55-68(95(4,5)6)39-47-78(72)101(77)87-58-88(103-81-44-36-65(61-30-22-16-23-31-61)52-85(81)104-83-50-63(59-26-18-14-19-27-59)34-42-75(83)99-92(103)104)90(102-79-48-40-69(96(7,8)9)56-73(79)74-57-70(97(10,11)12)41-49-80(74)102)89(98-13)91(87)106-82-45-37-66(62-32-24-17-25-33-62)53-86(82)105-84-51-64(60-28-20-15-21-29-60)35-43-76(84)100-93(105)106/h14-58H,1-12H3. The Kier molecular flexibility index (Phi) is 14.1. The molecule has 0 radical (unpaired) electrons. The summed E-state index contributed by atoms with van der Waals surface area (Å²) in [5.41, 5.74) is 27.8. The van der Waals surface area contributed by atoms with Crippen LogP contribution in [0.5, 0.6) is 0 Å². The molecule has 0 spiro atoms. The maximum absolute atomic E-state index is 10.6. The molecule has 9 nitrogen and oxygen atoms in total. The minimum absolute atomic E-state index is 0.167. The number of imidazole rings is 4. The molecule has 0 fully saturated rings. The van der Waals surface area contributed by atoms with Gasteiger partial charge in [-0.3, -0.25) is 17.9 Å². The molecule has 19 rings (SSSR count). The van der Waals surface area contributed by atoms with Crippen molar-refractivity contribution in [2.75, 3.05) is 0 Å². The molecule has 0 aliphatic rings. The van der Waals surface area contributed by atoms with Crippen LogP contribution in [-0.4, -0.2) is 37.0 Å². The number of fused-ring (bicyclic) bond motifs is 16. The normalized spacial score (nSPS) is 12.7. The molecule has 0 amide bonds. The highest BCUT2D eigenvalue weighted by Gasteiger charge is 2.35. The van der Waals surface area contributed by atoms with Crippen molar-refractivity contribution in [1.82, 2.24) is 37.0 Å². The fourth-order valence-electron chi connectivity index (χ4n) is 16.5. The maximum atomic E-state index is 10.6. The summed E-state index contributed by atoms with van der Waals surface area (Å²) in [4.78, 5) is 16.9. The second-order valence-corrected chi connectivity index (χ2v) is 33.1. The van der Waals surface area contributed by atoms with Crippen LogP contribution in [0.1, 0.15) is 105 Å². The predicted molar refractivity (Wildman–Crippen MR) is 444 cm³/mol. The van der Waals surface area contributed by atoms with Crippen LogP contribution in [0.2, 0.25) is 0 Å². The summed E-state index contributed by atoms with van der Waals surface area (Å²) in [6, 6.07) is 100. The van der Waals surface area contributed by atoms with E-state index in [0.717, 1.165) is 144 Å². The predicted octanol–water partition coefficient (Wildman–Crippen LogP) is 25.8. The lowest BCUT2D eigenvalue weighted by atomic mass is 9.85. The highest BCUT2D eigenvalue weighted by atomic mass is 15.3. The van der Waals surface area contributed by atoms with E-state index in [1.54, 1.807) is 0 Å². The molecule has 514 valence electrons. The van der Waals surface area contributed by atoms with Crippen molar-refractivity contribution in [3.05, 3.63) is 307 Å². The zero-order chi connectivity index (χ0) is 72.6. The molecule has 0 N–H and O–H groups in total. The molecule has 0 bridgehead atoms. The Morgan fingerprint density at radius 1 is 0.255 bits per heavy atom. The minimum atomic E-state index is -0.177. The van der Waals surface area contributed by atoms with Crippen molar-refractivity contribution in [2.45, 2.75) is 105 Å². The molecule has 6 aromatic heterocycles. The van der Waals surface area contributed by atoms with Gasteiger partial charge in [0.2, 0.25) is 17.2 Å². The third-order valence-corrected chi connectivity index (χ3v) is 22.3. The zero-order valence-corrected chi connectivity index (χ0v) is 62.0. The van der Waals surface area contributed by atoms with Crippen LogP contribution in [-0.2, 0) is 21.7 Å². The summed E-state index contributed by atoms with van der Waals surface area (Å²) in [6.07, 6.45) is 0. The average Bonchev–Trinajstić information content (AvgIpc) is 1.51. The lowest BCUT2D eigenvalue weighted by Crippen LogP contribution is -2.13.